The first kappa shape index (κ1) is 11.9. The molecular formula is C10H9Br2FO. The molecule has 4 heteroatoms. The third-order valence-electron chi connectivity index (χ3n) is 1.84. The Kier molecular flexibility index (Phi) is 4.75. The van der Waals surface area contributed by atoms with Crippen LogP contribution in [0.4, 0.5) is 4.39 Å². The Bertz CT molecular complexity index is 339. The third kappa shape index (κ3) is 2.89. The highest BCUT2D eigenvalue weighted by Gasteiger charge is 2.09. The van der Waals surface area contributed by atoms with Crippen molar-refractivity contribution in [2.24, 2.45) is 0 Å². The van der Waals surface area contributed by atoms with E-state index in [2.05, 4.69) is 31.9 Å². The van der Waals surface area contributed by atoms with E-state index in [1.807, 2.05) is 0 Å². The first-order chi connectivity index (χ1) is 6.69. The van der Waals surface area contributed by atoms with Crippen molar-refractivity contribution in [1.29, 1.82) is 0 Å². The van der Waals surface area contributed by atoms with Crippen LogP contribution in [-0.4, -0.2) is 11.1 Å². The van der Waals surface area contributed by atoms with Crippen molar-refractivity contribution in [3.8, 4) is 0 Å². The van der Waals surface area contributed by atoms with E-state index in [1.54, 1.807) is 18.2 Å². The monoisotopic (exact) mass is 322 g/mol. The van der Waals surface area contributed by atoms with E-state index < -0.39 is 0 Å². The van der Waals surface area contributed by atoms with Crippen LogP contribution in [0.25, 0.3) is 0 Å². The van der Waals surface area contributed by atoms with Gasteiger partial charge in [0.1, 0.15) is 11.6 Å². The fourth-order valence-electron chi connectivity index (χ4n) is 1.13. The Morgan fingerprint density at radius 1 is 1.29 bits per heavy atom. The predicted molar refractivity (Wildman–Crippen MR) is 61.5 cm³/mol. The quantitative estimate of drug-likeness (QED) is 0.777. The Balaban J connectivity index is 2.92. The minimum Gasteiger partial charge on any atom is -0.298 e. The highest BCUT2D eigenvalue weighted by molar-refractivity contribution is 9.09. The lowest BCUT2D eigenvalue weighted by atomic mass is 10.1. The molecule has 0 aliphatic heterocycles. The predicted octanol–water partition coefficient (Wildman–Crippen LogP) is 3.23. The average Bonchev–Trinajstić information content (AvgIpc) is 2.21. The number of hydrogen-bond acceptors (Lipinski definition) is 1. The molecule has 0 unspecified atom stereocenters. The average molecular weight is 324 g/mol. The number of hydrogen-bond donors (Lipinski definition) is 0. The van der Waals surface area contributed by atoms with Gasteiger partial charge in [-0.15, -0.1) is 0 Å². The lowest BCUT2D eigenvalue weighted by Crippen LogP contribution is -2.06. The summed E-state index contributed by atoms with van der Waals surface area (Å²) in [6.07, 6.45) is 0.151. The van der Waals surface area contributed by atoms with Gasteiger partial charge in [-0.1, -0.05) is 50.1 Å². The van der Waals surface area contributed by atoms with Crippen molar-refractivity contribution in [1.82, 2.24) is 0 Å². The number of carbonyl (C=O) groups excluding carboxylic acids is 1. The standard InChI is InChI=1S/C10H9Br2FO/c11-5-8-3-1-2-7(10(8)13)4-9(14)6-12/h1-3H,4-6H2. The molecule has 1 nitrogen and oxygen atoms in total. The van der Waals surface area contributed by atoms with Crippen molar-refractivity contribution in [3.05, 3.63) is 35.1 Å². The van der Waals surface area contributed by atoms with Gasteiger partial charge in [0.2, 0.25) is 0 Å². The second-order valence-corrected chi connectivity index (χ2v) is 3.99. The second-order valence-electron chi connectivity index (χ2n) is 2.87. The van der Waals surface area contributed by atoms with Gasteiger partial charge >= 0.3 is 0 Å². The van der Waals surface area contributed by atoms with Gasteiger partial charge in [0.05, 0.1) is 5.33 Å². The Hall–Kier alpha value is -0.220. The van der Waals surface area contributed by atoms with Crippen LogP contribution >= 0.6 is 31.9 Å². The van der Waals surface area contributed by atoms with Crippen molar-refractivity contribution >= 4 is 37.6 Å². The summed E-state index contributed by atoms with van der Waals surface area (Å²) in [7, 11) is 0. The van der Waals surface area contributed by atoms with Crippen molar-refractivity contribution in [2.75, 3.05) is 5.33 Å². The Morgan fingerprint density at radius 3 is 2.50 bits per heavy atom. The van der Waals surface area contributed by atoms with Gasteiger partial charge in [0.25, 0.3) is 0 Å². The normalized spacial score (nSPS) is 10.2. The van der Waals surface area contributed by atoms with Crippen LogP contribution in [-0.2, 0) is 16.5 Å². The molecular weight excluding hydrogens is 315 g/mol. The topological polar surface area (TPSA) is 17.1 Å². The number of carbonyl (C=O) groups is 1. The third-order valence-corrected chi connectivity index (χ3v) is 3.07. The first-order valence-corrected chi connectivity index (χ1v) is 6.33. The zero-order valence-corrected chi connectivity index (χ0v) is 10.6. The fraction of sp³-hybridized carbons (Fsp3) is 0.300. The maximum Gasteiger partial charge on any atom is 0.147 e. The summed E-state index contributed by atoms with van der Waals surface area (Å²) in [4.78, 5) is 11.1. The molecule has 0 saturated carbocycles. The van der Waals surface area contributed by atoms with Crippen LogP contribution in [0, 0.1) is 5.82 Å². The number of alkyl halides is 2. The zero-order chi connectivity index (χ0) is 10.6. The number of benzene rings is 1. The van der Waals surface area contributed by atoms with E-state index in [1.165, 1.54) is 0 Å². The van der Waals surface area contributed by atoms with Crippen LogP contribution in [0.5, 0.6) is 0 Å². The summed E-state index contributed by atoms with van der Waals surface area (Å²) < 4.78 is 13.6. The molecule has 1 rings (SSSR count). The minimum atomic E-state index is -0.279. The lowest BCUT2D eigenvalue weighted by molar-refractivity contribution is -0.115. The smallest absolute Gasteiger partial charge is 0.147 e. The number of ketones is 1. The lowest BCUT2D eigenvalue weighted by Gasteiger charge is -2.04. The molecule has 0 bridgehead atoms. The fourth-order valence-corrected chi connectivity index (χ4v) is 1.76. The van der Waals surface area contributed by atoms with Crippen molar-refractivity contribution in [3.63, 3.8) is 0 Å². The van der Waals surface area contributed by atoms with Gasteiger partial charge in [-0.05, 0) is 11.1 Å². The molecule has 0 saturated heterocycles. The number of rotatable bonds is 4. The van der Waals surface area contributed by atoms with E-state index in [4.69, 9.17) is 0 Å². The molecule has 0 amide bonds. The van der Waals surface area contributed by atoms with E-state index in [-0.39, 0.29) is 23.4 Å². The molecule has 0 aliphatic rings. The SMILES string of the molecule is O=C(CBr)Cc1cccc(CBr)c1F. The summed E-state index contributed by atoms with van der Waals surface area (Å²) >= 11 is 6.24. The molecule has 0 aromatic heterocycles. The minimum absolute atomic E-state index is 0.0179. The molecule has 0 atom stereocenters. The first-order valence-electron chi connectivity index (χ1n) is 4.09. The van der Waals surface area contributed by atoms with Crippen LogP contribution in [0.2, 0.25) is 0 Å². The Labute approximate surface area is 99.0 Å². The van der Waals surface area contributed by atoms with Crippen molar-refractivity contribution in [2.45, 2.75) is 11.8 Å². The molecule has 1 aromatic rings. The van der Waals surface area contributed by atoms with Crippen LogP contribution < -0.4 is 0 Å². The van der Waals surface area contributed by atoms with E-state index >= 15 is 0 Å². The Morgan fingerprint density at radius 2 is 1.93 bits per heavy atom. The molecule has 0 heterocycles. The van der Waals surface area contributed by atoms with Gasteiger partial charge in [-0.25, -0.2) is 4.39 Å². The summed E-state index contributed by atoms with van der Waals surface area (Å²) in [6.45, 7) is 0. The van der Waals surface area contributed by atoms with Gasteiger partial charge in [0.15, 0.2) is 0 Å². The van der Waals surface area contributed by atoms with Gasteiger partial charge in [-0.3, -0.25) is 4.79 Å². The summed E-state index contributed by atoms with van der Waals surface area (Å²) in [6, 6.07) is 5.10. The summed E-state index contributed by atoms with van der Waals surface area (Å²) in [5, 5.41) is 0.736. The van der Waals surface area contributed by atoms with Gasteiger partial charge in [0, 0.05) is 11.8 Å². The van der Waals surface area contributed by atoms with Crippen LogP contribution in [0.3, 0.4) is 0 Å². The van der Waals surface area contributed by atoms with Crippen molar-refractivity contribution < 1.29 is 9.18 Å². The highest BCUT2D eigenvalue weighted by atomic mass is 79.9. The van der Waals surface area contributed by atoms with E-state index in [0.717, 1.165) is 0 Å². The van der Waals surface area contributed by atoms with Gasteiger partial charge < -0.3 is 0 Å². The molecule has 76 valence electrons. The van der Waals surface area contributed by atoms with Crippen LogP contribution in [0.1, 0.15) is 11.1 Å². The number of Topliss-reactive ketones (excluding diaryl/α,β-unsaturated/α-hetero) is 1. The maximum atomic E-state index is 13.6. The highest BCUT2D eigenvalue weighted by Crippen LogP contribution is 2.16. The largest absolute Gasteiger partial charge is 0.298 e. The van der Waals surface area contributed by atoms with Gasteiger partial charge in [-0.2, -0.15) is 0 Å². The molecule has 0 aliphatic carbocycles. The summed E-state index contributed by atoms with van der Waals surface area (Å²) in [5.41, 5.74) is 1.05. The number of halogens is 3. The molecule has 0 fully saturated rings. The maximum absolute atomic E-state index is 13.6. The molecule has 0 radical (unpaired) electrons. The van der Waals surface area contributed by atoms with Crippen LogP contribution in [0.15, 0.2) is 18.2 Å². The summed E-state index contributed by atoms with van der Waals surface area (Å²) in [5.74, 6) is -0.297. The second kappa shape index (κ2) is 5.61. The molecule has 0 spiro atoms. The van der Waals surface area contributed by atoms with E-state index in [9.17, 15) is 9.18 Å². The molecule has 14 heavy (non-hydrogen) atoms. The zero-order valence-electron chi connectivity index (χ0n) is 7.40. The molecule has 0 N–H and O–H groups in total. The molecule has 1 aromatic carbocycles. The van der Waals surface area contributed by atoms with E-state index in [0.29, 0.717) is 16.5 Å².